The fourth-order valence-corrected chi connectivity index (χ4v) is 4.56. The van der Waals surface area contributed by atoms with Crippen LogP contribution < -0.4 is 14.5 Å². The van der Waals surface area contributed by atoms with E-state index in [9.17, 15) is 4.79 Å². The second kappa shape index (κ2) is 8.95. The topological polar surface area (TPSA) is 36.0 Å². The number of carbonyl (C=O) groups is 1. The molecule has 4 rings (SSSR count). The molecule has 0 aliphatic carbocycles. The van der Waals surface area contributed by atoms with Gasteiger partial charge >= 0.3 is 0 Å². The SMILES string of the molecule is COc1ccccc1N1CCN(C(=O)C2CCN(c3cccc(Cl)c3)CC2)CC1. The fraction of sp³-hybridized carbons (Fsp3) is 0.435. The van der Waals surface area contributed by atoms with Crippen molar-refractivity contribution in [2.45, 2.75) is 12.8 Å². The van der Waals surface area contributed by atoms with E-state index in [1.807, 2.05) is 41.3 Å². The molecule has 29 heavy (non-hydrogen) atoms. The molecule has 0 spiro atoms. The molecule has 2 fully saturated rings. The molecule has 154 valence electrons. The van der Waals surface area contributed by atoms with Crippen LogP contribution in [0.4, 0.5) is 11.4 Å². The average molecular weight is 414 g/mol. The molecule has 2 saturated heterocycles. The Kier molecular flexibility index (Phi) is 6.14. The molecule has 0 N–H and O–H groups in total. The van der Waals surface area contributed by atoms with Gasteiger partial charge in [-0.1, -0.05) is 29.8 Å². The number of para-hydroxylation sites is 2. The first kappa shape index (κ1) is 19.9. The van der Waals surface area contributed by atoms with Gasteiger partial charge in [-0.15, -0.1) is 0 Å². The zero-order valence-corrected chi connectivity index (χ0v) is 17.6. The Hall–Kier alpha value is -2.40. The van der Waals surface area contributed by atoms with Crippen molar-refractivity contribution in [3.05, 3.63) is 53.6 Å². The predicted octanol–water partition coefficient (Wildman–Crippen LogP) is 3.91. The summed E-state index contributed by atoms with van der Waals surface area (Å²) in [5.41, 5.74) is 2.26. The number of piperazine rings is 1. The lowest BCUT2D eigenvalue weighted by Crippen LogP contribution is -2.51. The summed E-state index contributed by atoms with van der Waals surface area (Å²) in [6.45, 7) is 5.02. The molecule has 2 heterocycles. The van der Waals surface area contributed by atoms with Gasteiger partial charge in [-0.05, 0) is 43.2 Å². The van der Waals surface area contributed by atoms with Crippen LogP contribution >= 0.6 is 11.6 Å². The number of hydrogen-bond donors (Lipinski definition) is 0. The number of piperidine rings is 1. The first-order chi connectivity index (χ1) is 14.2. The molecule has 0 atom stereocenters. The maximum Gasteiger partial charge on any atom is 0.225 e. The highest BCUT2D eigenvalue weighted by Gasteiger charge is 2.31. The smallest absolute Gasteiger partial charge is 0.225 e. The summed E-state index contributed by atoms with van der Waals surface area (Å²) >= 11 is 6.12. The van der Waals surface area contributed by atoms with Crippen molar-refractivity contribution < 1.29 is 9.53 Å². The zero-order chi connectivity index (χ0) is 20.2. The summed E-state index contributed by atoms with van der Waals surface area (Å²) in [5.74, 6) is 1.33. The number of ether oxygens (including phenoxy) is 1. The quantitative estimate of drug-likeness (QED) is 0.761. The van der Waals surface area contributed by atoms with E-state index in [-0.39, 0.29) is 5.92 Å². The Bertz CT molecular complexity index is 844. The van der Waals surface area contributed by atoms with Crippen LogP contribution in [0.2, 0.25) is 5.02 Å². The van der Waals surface area contributed by atoms with Crippen molar-refractivity contribution in [2.24, 2.45) is 5.92 Å². The molecular weight excluding hydrogens is 386 g/mol. The number of anilines is 2. The van der Waals surface area contributed by atoms with Crippen molar-refractivity contribution in [3.8, 4) is 5.75 Å². The lowest BCUT2D eigenvalue weighted by molar-refractivity contribution is -0.136. The number of benzene rings is 2. The molecular formula is C23H28ClN3O2. The van der Waals surface area contributed by atoms with Gasteiger partial charge in [-0.2, -0.15) is 0 Å². The highest BCUT2D eigenvalue weighted by molar-refractivity contribution is 6.30. The Morgan fingerprint density at radius 3 is 2.34 bits per heavy atom. The third-order valence-electron chi connectivity index (χ3n) is 6.03. The molecule has 2 aromatic rings. The van der Waals surface area contributed by atoms with Crippen LogP contribution in [-0.4, -0.2) is 57.2 Å². The maximum absolute atomic E-state index is 13.1. The summed E-state index contributed by atoms with van der Waals surface area (Å²) in [4.78, 5) is 19.7. The van der Waals surface area contributed by atoms with Crippen molar-refractivity contribution in [1.82, 2.24) is 4.90 Å². The molecule has 0 unspecified atom stereocenters. The first-order valence-corrected chi connectivity index (χ1v) is 10.7. The molecule has 0 radical (unpaired) electrons. The van der Waals surface area contributed by atoms with Crippen molar-refractivity contribution >= 4 is 28.9 Å². The molecule has 2 aromatic carbocycles. The molecule has 0 bridgehead atoms. The molecule has 2 aliphatic rings. The lowest BCUT2D eigenvalue weighted by Gasteiger charge is -2.40. The van der Waals surface area contributed by atoms with Gasteiger partial charge in [-0.3, -0.25) is 4.79 Å². The Morgan fingerprint density at radius 2 is 1.66 bits per heavy atom. The molecule has 6 heteroatoms. The average Bonchev–Trinajstić information content (AvgIpc) is 2.79. The largest absolute Gasteiger partial charge is 0.495 e. The van der Waals surface area contributed by atoms with Gasteiger partial charge in [-0.25, -0.2) is 0 Å². The first-order valence-electron chi connectivity index (χ1n) is 10.3. The van der Waals surface area contributed by atoms with Crippen LogP contribution in [0.3, 0.4) is 0 Å². The van der Waals surface area contributed by atoms with Crippen LogP contribution in [0.1, 0.15) is 12.8 Å². The maximum atomic E-state index is 13.1. The Balaban J connectivity index is 1.30. The highest BCUT2D eigenvalue weighted by Crippen LogP contribution is 2.30. The number of nitrogens with zero attached hydrogens (tertiary/aromatic N) is 3. The van der Waals surface area contributed by atoms with E-state index in [0.717, 1.165) is 74.3 Å². The molecule has 5 nitrogen and oxygen atoms in total. The molecule has 2 aliphatic heterocycles. The minimum atomic E-state index is 0.128. The predicted molar refractivity (Wildman–Crippen MR) is 118 cm³/mol. The van der Waals surface area contributed by atoms with E-state index >= 15 is 0 Å². The standard InChI is InChI=1S/C23H28ClN3O2/c1-29-22-8-3-2-7-21(22)26-13-15-27(16-14-26)23(28)18-9-11-25(12-10-18)20-6-4-5-19(24)17-20/h2-8,17-18H,9-16H2,1H3. The van der Waals surface area contributed by atoms with E-state index in [0.29, 0.717) is 5.91 Å². The third kappa shape index (κ3) is 4.45. The Morgan fingerprint density at radius 1 is 0.931 bits per heavy atom. The van der Waals surface area contributed by atoms with Crippen LogP contribution in [0, 0.1) is 5.92 Å². The fourth-order valence-electron chi connectivity index (χ4n) is 4.37. The zero-order valence-electron chi connectivity index (χ0n) is 16.9. The summed E-state index contributed by atoms with van der Waals surface area (Å²) < 4.78 is 5.49. The summed E-state index contributed by atoms with van der Waals surface area (Å²) in [5, 5.41) is 0.758. The second-order valence-electron chi connectivity index (χ2n) is 7.73. The second-order valence-corrected chi connectivity index (χ2v) is 8.16. The normalized spacial score (nSPS) is 18.1. The van der Waals surface area contributed by atoms with Gasteiger partial charge in [0.05, 0.1) is 12.8 Å². The van der Waals surface area contributed by atoms with Crippen LogP contribution in [0.25, 0.3) is 0 Å². The van der Waals surface area contributed by atoms with Gasteiger partial charge in [0.2, 0.25) is 5.91 Å². The van der Waals surface area contributed by atoms with Gasteiger partial charge in [0.15, 0.2) is 0 Å². The van der Waals surface area contributed by atoms with E-state index in [2.05, 4.69) is 21.9 Å². The van der Waals surface area contributed by atoms with Crippen molar-refractivity contribution in [2.75, 3.05) is 56.2 Å². The van der Waals surface area contributed by atoms with Crippen LogP contribution in [0.15, 0.2) is 48.5 Å². The summed E-state index contributed by atoms with van der Waals surface area (Å²) in [7, 11) is 1.70. The van der Waals surface area contributed by atoms with Gasteiger partial charge < -0.3 is 19.4 Å². The minimum Gasteiger partial charge on any atom is -0.495 e. The van der Waals surface area contributed by atoms with Crippen molar-refractivity contribution in [1.29, 1.82) is 0 Å². The monoisotopic (exact) mass is 413 g/mol. The number of carbonyl (C=O) groups excluding carboxylic acids is 1. The summed E-state index contributed by atoms with van der Waals surface area (Å²) in [6, 6.07) is 16.1. The van der Waals surface area contributed by atoms with E-state index in [1.165, 1.54) is 0 Å². The summed E-state index contributed by atoms with van der Waals surface area (Å²) in [6.07, 6.45) is 1.80. The molecule has 0 aromatic heterocycles. The molecule has 1 amide bonds. The minimum absolute atomic E-state index is 0.128. The van der Waals surface area contributed by atoms with Crippen LogP contribution in [0.5, 0.6) is 5.75 Å². The van der Waals surface area contributed by atoms with E-state index in [1.54, 1.807) is 7.11 Å². The third-order valence-corrected chi connectivity index (χ3v) is 6.27. The van der Waals surface area contributed by atoms with Crippen molar-refractivity contribution in [3.63, 3.8) is 0 Å². The number of halogens is 1. The number of methoxy groups -OCH3 is 1. The van der Waals surface area contributed by atoms with Gasteiger partial charge in [0.1, 0.15) is 5.75 Å². The van der Waals surface area contributed by atoms with Gasteiger partial charge in [0, 0.05) is 55.9 Å². The lowest BCUT2D eigenvalue weighted by atomic mass is 9.94. The van der Waals surface area contributed by atoms with E-state index in [4.69, 9.17) is 16.3 Å². The number of amides is 1. The van der Waals surface area contributed by atoms with Gasteiger partial charge in [0.25, 0.3) is 0 Å². The molecule has 0 saturated carbocycles. The highest BCUT2D eigenvalue weighted by atomic mass is 35.5. The van der Waals surface area contributed by atoms with Crippen LogP contribution in [-0.2, 0) is 4.79 Å². The number of rotatable bonds is 4. The Labute approximate surface area is 177 Å². The number of hydrogen-bond acceptors (Lipinski definition) is 4. The van der Waals surface area contributed by atoms with E-state index < -0.39 is 0 Å².